The van der Waals surface area contributed by atoms with Gasteiger partial charge in [-0.05, 0) is 37.1 Å². The number of nitrogen functional groups attached to an aromatic ring is 1. The third kappa shape index (κ3) is 4.64. The highest BCUT2D eigenvalue weighted by atomic mass is 35.5. The summed E-state index contributed by atoms with van der Waals surface area (Å²) in [6, 6.07) is 8.47. The summed E-state index contributed by atoms with van der Waals surface area (Å²) in [5, 5.41) is 2.91. The van der Waals surface area contributed by atoms with Crippen LogP contribution in [0, 0.1) is 13.8 Å². The van der Waals surface area contributed by atoms with Crippen molar-refractivity contribution in [1.82, 2.24) is 0 Å². The van der Waals surface area contributed by atoms with Crippen LogP contribution in [-0.4, -0.2) is 25.6 Å². The van der Waals surface area contributed by atoms with Crippen LogP contribution in [0.4, 0.5) is 11.4 Å². The molecule has 0 fully saturated rings. The van der Waals surface area contributed by atoms with Gasteiger partial charge in [0.2, 0.25) is 0 Å². The summed E-state index contributed by atoms with van der Waals surface area (Å²) in [6.07, 6.45) is 0. The fourth-order valence-corrected chi connectivity index (χ4v) is 2.33. The lowest BCUT2D eigenvalue weighted by Crippen LogP contribution is -2.21. The first-order valence-corrected chi connectivity index (χ1v) is 7.87. The molecule has 3 N–H and O–H groups in total. The number of amides is 1. The molecule has 0 atom stereocenters. The molecule has 0 aliphatic carbocycles. The molecule has 0 spiro atoms. The van der Waals surface area contributed by atoms with Gasteiger partial charge in [0.05, 0.1) is 17.8 Å². The van der Waals surface area contributed by atoms with Crippen LogP contribution >= 0.6 is 11.6 Å². The van der Waals surface area contributed by atoms with Crippen molar-refractivity contribution in [1.29, 1.82) is 0 Å². The normalized spacial score (nSPS) is 10.2. The lowest BCUT2D eigenvalue weighted by atomic mass is 10.1. The molecule has 132 valence electrons. The molecule has 0 aromatic heterocycles. The highest BCUT2D eigenvalue weighted by Crippen LogP contribution is 2.29. The van der Waals surface area contributed by atoms with Crippen molar-refractivity contribution in [2.24, 2.45) is 0 Å². The maximum Gasteiger partial charge on any atom is 0.342 e. The fourth-order valence-electron chi connectivity index (χ4n) is 2.16. The van der Waals surface area contributed by atoms with Crippen molar-refractivity contribution >= 4 is 34.9 Å². The van der Waals surface area contributed by atoms with E-state index in [0.29, 0.717) is 5.69 Å². The van der Waals surface area contributed by atoms with E-state index in [9.17, 15) is 9.59 Å². The molecule has 2 aromatic carbocycles. The van der Waals surface area contributed by atoms with Crippen molar-refractivity contribution in [3.8, 4) is 5.75 Å². The highest BCUT2D eigenvalue weighted by Gasteiger charge is 2.18. The minimum atomic E-state index is -0.727. The molecule has 0 bridgehead atoms. The van der Waals surface area contributed by atoms with E-state index in [1.54, 1.807) is 0 Å². The van der Waals surface area contributed by atoms with Crippen LogP contribution in [0.1, 0.15) is 21.5 Å². The molecule has 0 radical (unpaired) electrons. The SMILES string of the molecule is COc1cc(N)c(Cl)cc1C(=O)OCC(=O)Nc1cc(C)ccc1C. The Morgan fingerprint density at radius 2 is 1.92 bits per heavy atom. The van der Waals surface area contributed by atoms with Gasteiger partial charge in [0.1, 0.15) is 11.3 Å². The molecular weight excluding hydrogens is 344 g/mol. The molecular formula is C18H19ClN2O4. The molecule has 0 aliphatic rings. The highest BCUT2D eigenvalue weighted by molar-refractivity contribution is 6.33. The Morgan fingerprint density at radius 1 is 1.20 bits per heavy atom. The predicted octanol–water partition coefficient (Wildman–Crippen LogP) is 3.34. The fraction of sp³-hybridized carbons (Fsp3) is 0.222. The zero-order valence-electron chi connectivity index (χ0n) is 14.2. The third-order valence-corrected chi connectivity index (χ3v) is 3.87. The summed E-state index contributed by atoms with van der Waals surface area (Å²) in [7, 11) is 1.40. The third-order valence-electron chi connectivity index (χ3n) is 3.54. The van der Waals surface area contributed by atoms with Crippen molar-refractivity contribution in [3.63, 3.8) is 0 Å². The van der Waals surface area contributed by atoms with Crippen LogP contribution in [-0.2, 0) is 9.53 Å². The van der Waals surface area contributed by atoms with Gasteiger partial charge >= 0.3 is 5.97 Å². The molecule has 7 heteroatoms. The number of hydrogen-bond donors (Lipinski definition) is 2. The number of carbonyl (C=O) groups excluding carboxylic acids is 2. The number of ether oxygens (including phenoxy) is 2. The van der Waals surface area contributed by atoms with Crippen LogP contribution in [0.15, 0.2) is 30.3 Å². The van der Waals surface area contributed by atoms with Crippen LogP contribution in [0.5, 0.6) is 5.75 Å². The van der Waals surface area contributed by atoms with E-state index in [4.69, 9.17) is 26.8 Å². The molecule has 0 aliphatic heterocycles. The number of aryl methyl sites for hydroxylation is 2. The number of rotatable bonds is 5. The summed E-state index contributed by atoms with van der Waals surface area (Å²) in [5.74, 6) is -0.945. The molecule has 0 unspecified atom stereocenters. The van der Waals surface area contributed by atoms with Crippen LogP contribution in [0.3, 0.4) is 0 Å². The number of halogens is 1. The standard InChI is InChI=1S/C18H19ClN2O4/c1-10-4-5-11(2)15(6-10)21-17(22)9-25-18(23)12-7-13(19)14(20)8-16(12)24-3/h4-8H,9,20H2,1-3H3,(H,21,22). The van der Waals surface area contributed by atoms with Crippen molar-refractivity contribution in [2.75, 3.05) is 24.8 Å². The van der Waals surface area contributed by atoms with Gasteiger partial charge in [-0.2, -0.15) is 0 Å². The van der Waals surface area contributed by atoms with Crippen molar-refractivity contribution in [3.05, 3.63) is 52.0 Å². The summed E-state index contributed by atoms with van der Waals surface area (Å²) in [4.78, 5) is 24.2. The maximum absolute atomic E-state index is 12.2. The number of carbonyl (C=O) groups is 2. The van der Waals surface area contributed by atoms with Gasteiger partial charge in [-0.1, -0.05) is 23.7 Å². The lowest BCUT2D eigenvalue weighted by molar-refractivity contribution is -0.119. The van der Waals surface area contributed by atoms with E-state index >= 15 is 0 Å². The molecule has 0 saturated carbocycles. The molecule has 2 rings (SSSR count). The van der Waals surface area contributed by atoms with E-state index in [1.165, 1.54) is 19.2 Å². The zero-order valence-corrected chi connectivity index (χ0v) is 14.9. The number of nitrogens with one attached hydrogen (secondary N) is 1. The van der Waals surface area contributed by atoms with Gasteiger partial charge in [-0.3, -0.25) is 4.79 Å². The Kier molecular flexibility index (Phi) is 5.88. The predicted molar refractivity (Wildman–Crippen MR) is 97.2 cm³/mol. The number of benzene rings is 2. The van der Waals surface area contributed by atoms with Gasteiger partial charge in [0, 0.05) is 11.8 Å². The number of methoxy groups -OCH3 is 1. The van der Waals surface area contributed by atoms with Crippen molar-refractivity contribution < 1.29 is 19.1 Å². The van der Waals surface area contributed by atoms with Crippen LogP contribution in [0.2, 0.25) is 5.02 Å². The summed E-state index contributed by atoms with van der Waals surface area (Å²) < 4.78 is 10.1. The minimum Gasteiger partial charge on any atom is -0.496 e. The molecule has 6 nitrogen and oxygen atoms in total. The van der Waals surface area contributed by atoms with Gasteiger partial charge < -0.3 is 20.5 Å². The molecule has 25 heavy (non-hydrogen) atoms. The quantitative estimate of drug-likeness (QED) is 0.628. The summed E-state index contributed by atoms with van der Waals surface area (Å²) >= 11 is 5.92. The Balaban J connectivity index is 2.03. The van der Waals surface area contributed by atoms with E-state index < -0.39 is 18.5 Å². The minimum absolute atomic E-state index is 0.0984. The van der Waals surface area contributed by atoms with Gasteiger partial charge in [0.15, 0.2) is 6.61 Å². The van der Waals surface area contributed by atoms with Crippen LogP contribution < -0.4 is 15.8 Å². The first kappa shape index (κ1) is 18.6. The Labute approximate surface area is 150 Å². The Morgan fingerprint density at radius 3 is 2.60 bits per heavy atom. The molecule has 1 amide bonds. The van der Waals surface area contributed by atoms with E-state index in [-0.39, 0.29) is 22.0 Å². The Bertz CT molecular complexity index is 821. The summed E-state index contributed by atoms with van der Waals surface area (Å²) in [5.41, 5.74) is 8.65. The monoisotopic (exact) mass is 362 g/mol. The molecule has 0 heterocycles. The van der Waals surface area contributed by atoms with E-state index in [2.05, 4.69) is 5.32 Å². The van der Waals surface area contributed by atoms with E-state index in [0.717, 1.165) is 11.1 Å². The van der Waals surface area contributed by atoms with Gasteiger partial charge in [-0.25, -0.2) is 4.79 Å². The second kappa shape index (κ2) is 7.90. The lowest BCUT2D eigenvalue weighted by Gasteiger charge is -2.12. The Hall–Kier alpha value is -2.73. The first-order chi connectivity index (χ1) is 11.8. The molecule has 0 saturated heterocycles. The van der Waals surface area contributed by atoms with Gasteiger partial charge in [-0.15, -0.1) is 0 Å². The second-order valence-corrected chi connectivity index (χ2v) is 5.92. The van der Waals surface area contributed by atoms with Gasteiger partial charge in [0.25, 0.3) is 5.91 Å². The first-order valence-electron chi connectivity index (χ1n) is 7.49. The average molecular weight is 363 g/mol. The van der Waals surface area contributed by atoms with Crippen LogP contribution in [0.25, 0.3) is 0 Å². The molecule has 2 aromatic rings. The number of anilines is 2. The number of esters is 1. The number of nitrogens with two attached hydrogens (primary N) is 1. The zero-order chi connectivity index (χ0) is 18.6. The second-order valence-electron chi connectivity index (χ2n) is 5.52. The topological polar surface area (TPSA) is 90.7 Å². The number of hydrogen-bond acceptors (Lipinski definition) is 5. The largest absolute Gasteiger partial charge is 0.496 e. The summed E-state index contributed by atoms with van der Waals surface area (Å²) in [6.45, 7) is 3.37. The average Bonchev–Trinajstić information content (AvgIpc) is 2.58. The van der Waals surface area contributed by atoms with E-state index in [1.807, 2.05) is 32.0 Å². The smallest absolute Gasteiger partial charge is 0.342 e. The van der Waals surface area contributed by atoms with Crippen molar-refractivity contribution in [2.45, 2.75) is 13.8 Å². The maximum atomic E-state index is 12.2.